The van der Waals surface area contributed by atoms with Crippen LogP contribution in [0.25, 0.3) is 0 Å². The van der Waals surface area contributed by atoms with Gasteiger partial charge in [-0.25, -0.2) is 13.1 Å². The van der Waals surface area contributed by atoms with Gasteiger partial charge >= 0.3 is 5.97 Å². The molecule has 0 saturated heterocycles. The molecule has 1 rings (SSSR count). The maximum Gasteiger partial charge on any atom is 0.303 e. The Hall–Kier alpha value is -0.440. The number of thiophene rings is 1. The Morgan fingerprint density at radius 3 is 2.71 bits per heavy atom. The fourth-order valence-electron chi connectivity index (χ4n) is 1.14. The highest BCUT2D eigenvalue weighted by molar-refractivity contribution is 9.11. The topological polar surface area (TPSA) is 83.5 Å². The van der Waals surface area contributed by atoms with Crippen LogP contribution in [0.2, 0.25) is 0 Å². The number of carbonyl (C=O) groups is 1. The van der Waals surface area contributed by atoms with Crippen molar-refractivity contribution in [1.82, 2.24) is 4.72 Å². The van der Waals surface area contributed by atoms with Gasteiger partial charge in [0.1, 0.15) is 4.21 Å². The van der Waals surface area contributed by atoms with Gasteiger partial charge in [0.2, 0.25) is 10.0 Å². The summed E-state index contributed by atoms with van der Waals surface area (Å²) in [5, 5.41) is 8.55. The van der Waals surface area contributed by atoms with E-state index in [1.54, 1.807) is 13.0 Å². The van der Waals surface area contributed by atoms with Crippen molar-refractivity contribution in [2.45, 2.75) is 17.6 Å². The van der Waals surface area contributed by atoms with Gasteiger partial charge in [0.05, 0.1) is 3.79 Å². The minimum Gasteiger partial charge on any atom is -0.481 e. The third-order valence-corrected chi connectivity index (χ3v) is 5.50. The highest BCUT2D eigenvalue weighted by Crippen LogP contribution is 2.25. The van der Waals surface area contributed by atoms with Crippen LogP contribution in [0.4, 0.5) is 0 Å². The summed E-state index contributed by atoms with van der Waals surface area (Å²) in [5.41, 5.74) is 0. The Morgan fingerprint density at radius 2 is 2.24 bits per heavy atom. The standard InChI is InChI=1S/C9H12BrNO4S2/c1-6(4-8(12)13)5-11-17(14,15)9-3-2-7(10)16-9/h2-3,6,11H,4-5H2,1H3,(H,12,13). The monoisotopic (exact) mass is 341 g/mol. The molecular weight excluding hydrogens is 330 g/mol. The first-order valence-corrected chi connectivity index (χ1v) is 7.87. The molecule has 0 aromatic carbocycles. The van der Waals surface area contributed by atoms with Crippen molar-refractivity contribution in [3.05, 3.63) is 15.9 Å². The molecular formula is C9H12BrNO4S2. The van der Waals surface area contributed by atoms with Crippen molar-refractivity contribution in [2.24, 2.45) is 5.92 Å². The summed E-state index contributed by atoms with van der Waals surface area (Å²) in [7, 11) is -3.52. The molecule has 17 heavy (non-hydrogen) atoms. The van der Waals surface area contributed by atoms with E-state index in [1.165, 1.54) is 6.07 Å². The van der Waals surface area contributed by atoms with Crippen LogP contribution in [-0.4, -0.2) is 26.0 Å². The largest absolute Gasteiger partial charge is 0.481 e. The molecule has 0 aliphatic heterocycles. The number of halogens is 1. The first-order valence-electron chi connectivity index (χ1n) is 4.78. The van der Waals surface area contributed by atoms with Crippen LogP contribution >= 0.6 is 27.3 Å². The molecule has 1 unspecified atom stereocenters. The number of sulfonamides is 1. The number of rotatable bonds is 6. The molecule has 8 heteroatoms. The summed E-state index contributed by atoms with van der Waals surface area (Å²) in [4.78, 5) is 10.4. The van der Waals surface area contributed by atoms with E-state index in [1.807, 2.05) is 0 Å². The van der Waals surface area contributed by atoms with E-state index in [4.69, 9.17) is 5.11 Å². The van der Waals surface area contributed by atoms with Crippen LogP contribution in [-0.2, 0) is 14.8 Å². The second-order valence-corrected chi connectivity index (χ2v) is 8.07. The van der Waals surface area contributed by atoms with Crippen molar-refractivity contribution < 1.29 is 18.3 Å². The highest BCUT2D eigenvalue weighted by Gasteiger charge is 2.18. The zero-order valence-electron chi connectivity index (χ0n) is 9.01. The van der Waals surface area contributed by atoms with Crippen molar-refractivity contribution >= 4 is 43.3 Å². The fourth-order valence-corrected chi connectivity index (χ4v) is 4.35. The molecule has 2 N–H and O–H groups in total. The van der Waals surface area contributed by atoms with Crippen molar-refractivity contribution in [2.75, 3.05) is 6.54 Å². The summed E-state index contributed by atoms with van der Waals surface area (Å²) in [5.74, 6) is -1.18. The molecule has 0 fully saturated rings. The number of nitrogens with one attached hydrogen (secondary N) is 1. The molecule has 0 aliphatic carbocycles. The van der Waals surface area contributed by atoms with Gasteiger partial charge in [-0.15, -0.1) is 11.3 Å². The second-order valence-electron chi connectivity index (χ2n) is 3.61. The molecule has 0 aliphatic rings. The van der Waals surface area contributed by atoms with Crippen LogP contribution in [0.15, 0.2) is 20.1 Å². The van der Waals surface area contributed by atoms with Gasteiger partial charge in [0.15, 0.2) is 0 Å². The molecule has 1 heterocycles. The Morgan fingerprint density at radius 1 is 1.59 bits per heavy atom. The van der Waals surface area contributed by atoms with Crippen molar-refractivity contribution in [1.29, 1.82) is 0 Å². The maximum atomic E-state index is 11.8. The van der Waals surface area contributed by atoms with Crippen LogP contribution in [0.3, 0.4) is 0 Å². The molecule has 0 amide bonds. The number of aliphatic carboxylic acids is 1. The van der Waals surface area contributed by atoms with Crippen molar-refractivity contribution in [3.8, 4) is 0 Å². The van der Waals surface area contributed by atoms with E-state index >= 15 is 0 Å². The summed E-state index contributed by atoms with van der Waals surface area (Å²) < 4.78 is 26.9. The number of carboxylic acids is 1. The number of carboxylic acid groups (broad SMARTS) is 1. The lowest BCUT2D eigenvalue weighted by Crippen LogP contribution is -2.28. The molecule has 1 atom stereocenters. The molecule has 1 aromatic heterocycles. The van der Waals surface area contributed by atoms with Gasteiger partial charge in [0, 0.05) is 13.0 Å². The number of hydrogen-bond donors (Lipinski definition) is 2. The van der Waals surface area contributed by atoms with Gasteiger partial charge < -0.3 is 5.11 Å². The Bertz CT molecular complexity index is 497. The van der Waals surface area contributed by atoms with Gasteiger partial charge in [-0.3, -0.25) is 4.79 Å². The van der Waals surface area contributed by atoms with E-state index in [0.717, 1.165) is 15.1 Å². The Labute approximate surface area is 112 Å². The van der Waals surface area contributed by atoms with E-state index in [0.29, 0.717) is 0 Å². The average molecular weight is 342 g/mol. The first kappa shape index (κ1) is 14.6. The van der Waals surface area contributed by atoms with Gasteiger partial charge in [0.25, 0.3) is 0 Å². The van der Waals surface area contributed by atoms with E-state index < -0.39 is 16.0 Å². The molecule has 0 saturated carbocycles. The van der Waals surface area contributed by atoms with Crippen molar-refractivity contribution in [3.63, 3.8) is 0 Å². The van der Waals surface area contributed by atoms with Gasteiger partial charge in [-0.1, -0.05) is 6.92 Å². The van der Waals surface area contributed by atoms with Crippen LogP contribution < -0.4 is 4.72 Å². The van der Waals surface area contributed by atoms with E-state index in [9.17, 15) is 13.2 Å². The van der Waals surface area contributed by atoms with Gasteiger partial charge in [-0.2, -0.15) is 0 Å². The lowest BCUT2D eigenvalue weighted by atomic mass is 10.1. The number of hydrogen-bond acceptors (Lipinski definition) is 4. The van der Waals surface area contributed by atoms with Crippen LogP contribution in [0, 0.1) is 5.92 Å². The molecule has 1 aromatic rings. The summed E-state index contributed by atoms with van der Waals surface area (Å²) in [6, 6.07) is 3.15. The molecule has 0 bridgehead atoms. The van der Waals surface area contributed by atoms with E-state index in [-0.39, 0.29) is 23.1 Å². The van der Waals surface area contributed by atoms with E-state index in [2.05, 4.69) is 20.7 Å². The third-order valence-electron chi connectivity index (χ3n) is 1.96. The smallest absolute Gasteiger partial charge is 0.303 e. The third kappa shape index (κ3) is 4.74. The highest BCUT2D eigenvalue weighted by atomic mass is 79.9. The molecule has 0 spiro atoms. The zero-order valence-corrected chi connectivity index (χ0v) is 12.2. The predicted octanol–water partition coefficient (Wildman–Crippen LogP) is 1.90. The Balaban J connectivity index is 2.59. The maximum absolute atomic E-state index is 11.8. The summed E-state index contributed by atoms with van der Waals surface area (Å²) in [6.45, 7) is 1.80. The minimum atomic E-state index is -3.52. The quantitative estimate of drug-likeness (QED) is 0.827. The lowest BCUT2D eigenvalue weighted by Gasteiger charge is -2.09. The van der Waals surface area contributed by atoms with Crippen LogP contribution in [0.1, 0.15) is 13.3 Å². The molecule has 0 radical (unpaired) electrons. The second kappa shape index (κ2) is 5.94. The summed E-state index contributed by atoms with van der Waals surface area (Å²) in [6.07, 6.45) is -0.0589. The summed E-state index contributed by atoms with van der Waals surface area (Å²) >= 11 is 4.30. The lowest BCUT2D eigenvalue weighted by molar-refractivity contribution is -0.137. The normalized spacial score (nSPS) is 13.5. The van der Waals surface area contributed by atoms with Gasteiger partial charge in [-0.05, 0) is 34.0 Å². The van der Waals surface area contributed by atoms with Crippen LogP contribution in [0.5, 0.6) is 0 Å². The Kier molecular flexibility index (Phi) is 5.11. The zero-order chi connectivity index (χ0) is 13.1. The fraction of sp³-hybridized carbons (Fsp3) is 0.444. The first-order chi connectivity index (χ1) is 7.81. The predicted molar refractivity (Wildman–Crippen MR) is 68.6 cm³/mol. The SMILES string of the molecule is CC(CNS(=O)(=O)c1ccc(Br)s1)CC(=O)O. The molecule has 5 nitrogen and oxygen atoms in total. The minimum absolute atomic E-state index is 0.0589. The molecule has 96 valence electrons. The average Bonchev–Trinajstić information content (AvgIpc) is 2.62.